The smallest absolute Gasteiger partial charge is 0.407 e. The number of aryl methyl sites for hydroxylation is 1. The van der Waals surface area contributed by atoms with Gasteiger partial charge < -0.3 is 15.4 Å². The van der Waals surface area contributed by atoms with Crippen molar-refractivity contribution in [1.82, 2.24) is 20.6 Å². The molecule has 2 heterocycles. The lowest BCUT2D eigenvalue weighted by molar-refractivity contribution is 0.0523. The number of alkyl carbamates (subject to hydrolysis) is 1. The Morgan fingerprint density at radius 3 is 2.53 bits per heavy atom. The summed E-state index contributed by atoms with van der Waals surface area (Å²) in [6.45, 7) is 7.33. The number of rotatable bonds is 6. The molecule has 178 valence electrons. The number of benzene rings is 1. The zero-order valence-corrected chi connectivity index (χ0v) is 20.2. The van der Waals surface area contributed by atoms with E-state index in [0.717, 1.165) is 5.56 Å². The molecule has 0 fully saturated rings. The summed E-state index contributed by atoms with van der Waals surface area (Å²) in [7, 11) is 0. The first kappa shape index (κ1) is 25.1. The van der Waals surface area contributed by atoms with E-state index in [0.29, 0.717) is 27.4 Å². The van der Waals surface area contributed by atoms with E-state index < -0.39 is 17.6 Å². The van der Waals surface area contributed by atoms with E-state index in [1.807, 2.05) is 0 Å². The number of ether oxygens (including phenoxy) is 1. The molecule has 0 aliphatic rings. The minimum Gasteiger partial charge on any atom is -0.444 e. The number of carbonyl (C=O) groups is 2. The zero-order chi connectivity index (χ0) is 24.9. The van der Waals surface area contributed by atoms with Crippen molar-refractivity contribution < 1.29 is 18.7 Å². The van der Waals surface area contributed by atoms with E-state index in [-0.39, 0.29) is 24.6 Å². The van der Waals surface area contributed by atoms with E-state index in [9.17, 15) is 14.0 Å². The number of hydrogen-bond donors (Lipinski definition) is 2. The molecule has 2 N–H and O–H groups in total. The van der Waals surface area contributed by atoms with Crippen molar-refractivity contribution in [2.75, 3.05) is 0 Å². The Kier molecular flexibility index (Phi) is 7.83. The summed E-state index contributed by atoms with van der Waals surface area (Å²) >= 11 is 5.98. The molecule has 1 aromatic carbocycles. The van der Waals surface area contributed by atoms with Gasteiger partial charge in [0.05, 0.1) is 12.2 Å². The molecule has 0 saturated carbocycles. The fourth-order valence-corrected chi connectivity index (χ4v) is 3.32. The molecule has 0 spiro atoms. The van der Waals surface area contributed by atoms with Crippen LogP contribution in [0.2, 0.25) is 5.02 Å². The summed E-state index contributed by atoms with van der Waals surface area (Å²) in [5.41, 5.74) is 2.32. The summed E-state index contributed by atoms with van der Waals surface area (Å²) in [5, 5.41) is 5.97. The maximum atomic E-state index is 14.5. The molecule has 0 saturated heterocycles. The third kappa shape index (κ3) is 7.25. The highest BCUT2D eigenvalue weighted by atomic mass is 35.5. The summed E-state index contributed by atoms with van der Waals surface area (Å²) in [6, 6.07) is 9.86. The number of nitrogens with zero attached hydrogens (tertiary/aromatic N) is 2. The lowest BCUT2D eigenvalue weighted by atomic mass is 9.99. The van der Waals surface area contributed by atoms with Crippen LogP contribution in [0.5, 0.6) is 0 Å². The third-order valence-corrected chi connectivity index (χ3v) is 4.82. The summed E-state index contributed by atoms with van der Waals surface area (Å²) in [4.78, 5) is 33.0. The minimum absolute atomic E-state index is 0.0831. The largest absolute Gasteiger partial charge is 0.444 e. The van der Waals surface area contributed by atoms with E-state index >= 15 is 0 Å². The van der Waals surface area contributed by atoms with Crippen LogP contribution in [-0.4, -0.2) is 27.6 Å². The molecule has 0 unspecified atom stereocenters. The third-order valence-electron chi connectivity index (χ3n) is 4.59. The first-order valence-corrected chi connectivity index (χ1v) is 11.0. The molecule has 34 heavy (non-hydrogen) atoms. The fraction of sp³-hybridized carbons (Fsp3) is 0.280. The second-order valence-corrected chi connectivity index (χ2v) is 9.21. The molecule has 3 aromatic rings. The van der Waals surface area contributed by atoms with Gasteiger partial charge in [-0.25, -0.2) is 9.78 Å². The van der Waals surface area contributed by atoms with Gasteiger partial charge in [0, 0.05) is 35.1 Å². The number of amides is 2. The highest BCUT2D eigenvalue weighted by Crippen LogP contribution is 2.25. The van der Waals surface area contributed by atoms with Gasteiger partial charge in [-0.15, -0.1) is 0 Å². The average Bonchev–Trinajstić information content (AvgIpc) is 2.76. The van der Waals surface area contributed by atoms with Gasteiger partial charge in [-0.1, -0.05) is 11.6 Å². The number of hydrogen-bond acceptors (Lipinski definition) is 5. The predicted molar refractivity (Wildman–Crippen MR) is 128 cm³/mol. The minimum atomic E-state index is -0.655. The monoisotopic (exact) mass is 484 g/mol. The normalized spacial score (nSPS) is 11.1. The Hall–Kier alpha value is -3.52. The van der Waals surface area contributed by atoms with E-state index in [1.54, 1.807) is 70.3 Å². The van der Waals surface area contributed by atoms with Crippen LogP contribution in [0, 0.1) is 12.9 Å². The fourth-order valence-electron chi connectivity index (χ4n) is 3.14. The topological polar surface area (TPSA) is 93.2 Å². The van der Waals surface area contributed by atoms with E-state index in [2.05, 4.69) is 20.6 Å². The standard InChI is InChI=1S/C25H26ClFN4O3/c1-15-7-21(22(27)29-12-15)17-8-16(13-31-24(33)34-25(2,3)4)9-18(10-17)23(32)30-14-20-11-19(26)5-6-28-20/h5-12H,13-14H2,1-4H3,(H,30,32)(H,31,33). The zero-order valence-electron chi connectivity index (χ0n) is 19.4. The van der Waals surface area contributed by atoms with Crippen LogP contribution in [-0.2, 0) is 17.8 Å². The van der Waals surface area contributed by atoms with E-state index in [1.165, 1.54) is 6.20 Å². The van der Waals surface area contributed by atoms with Crippen molar-refractivity contribution in [3.8, 4) is 11.1 Å². The molecule has 2 aromatic heterocycles. The molecule has 9 heteroatoms. The van der Waals surface area contributed by atoms with Crippen molar-refractivity contribution in [3.05, 3.63) is 82.1 Å². The van der Waals surface area contributed by atoms with Gasteiger partial charge in [0.15, 0.2) is 0 Å². The highest BCUT2D eigenvalue weighted by Gasteiger charge is 2.17. The van der Waals surface area contributed by atoms with Crippen LogP contribution < -0.4 is 10.6 Å². The Morgan fingerprint density at radius 2 is 1.82 bits per heavy atom. The second-order valence-electron chi connectivity index (χ2n) is 8.77. The van der Waals surface area contributed by atoms with Crippen LogP contribution in [0.1, 0.15) is 48.0 Å². The molecule has 0 radical (unpaired) electrons. The van der Waals surface area contributed by atoms with Gasteiger partial charge in [0.25, 0.3) is 5.91 Å². The number of carbonyl (C=O) groups excluding carboxylic acids is 2. The van der Waals surface area contributed by atoms with Crippen LogP contribution >= 0.6 is 11.6 Å². The van der Waals surface area contributed by atoms with Crippen LogP contribution in [0.25, 0.3) is 11.1 Å². The van der Waals surface area contributed by atoms with Gasteiger partial charge in [-0.2, -0.15) is 4.39 Å². The molecule has 3 rings (SSSR count). The maximum Gasteiger partial charge on any atom is 0.407 e. The summed E-state index contributed by atoms with van der Waals surface area (Å²) < 4.78 is 19.8. The quantitative estimate of drug-likeness (QED) is 0.469. The van der Waals surface area contributed by atoms with Gasteiger partial charge in [0.2, 0.25) is 5.95 Å². The summed E-state index contributed by atoms with van der Waals surface area (Å²) in [6.07, 6.45) is 2.39. The first-order chi connectivity index (χ1) is 16.0. The maximum absolute atomic E-state index is 14.5. The molecule has 0 aliphatic carbocycles. The number of halogens is 2. The Bertz CT molecular complexity index is 1210. The molecule has 7 nitrogen and oxygen atoms in total. The van der Waals surface area contributed by atoms with Gasteiger partial charge in [-0.05, 0) is 80.8 Å². The molecule has 0 bridgehead atoms. The molecular formula is C25H26ClFN4O3. The number of aromatic nitrogens is 2. The lowest BCUT2D eigenvalue weighted by Gasteiger charge is -2.20. The SMILES string of the molecule is Cc1cnc(F)c(-c2cc(CNC(=O)OC(C)(C)C)cc(C(=O)NCc3cc(Cl)ccn3)c2)c1. The molecule has 2 amide bonds. The van der Waals surface area contributed by atoms with Crippen molar-refractivity contribution in [2.24, 2.45) is 0 Å². The highest BCUT2D eigenvalue weighted by molar-refractivity contribution is 6.30. The van der Waals surface area contributed by atoms with E-state index in [4.69, 9.17) is 16.3 Å². The van der Waals surface area contributed by atoms with Crippen molar-refractivity contribution >= 4 is 23.6 Å². The summed E-state index contributed by atoms with van der Waals surface area (Å²) in [5.74, 6) is -1.04. The van der Waals surface area contributed by atoms with Crippen molar-refractivity contribution in [1.29, 1.82) is 0 Å². The Labute approximate surface area is 202 Å². The van der Waals surface area contributed by atoms with Gasteiger partial charge in [0.1, 0.15) is 5.60 Å². The van der Waals surface area contributed by atoms with Crippen LogP contribution in [0.3, 0.4) is 0 Å². The number of nitrogens with one attached hydrogen (secondary N) is 2. The van der Waals surface area contributed by atoms with Gasteiger partial charge in [-0.3, -0.25) is 9.78 Å². The Morgan fingerprint density at radius 1 is 1.06 bits per heavy atom. The van der Waals surface area contributed by atoms with Crippen LogP contribution in [0.4, 0.5) is 9.18 Å². The lowest BCUT2D eigenvalue weighted by Crippen LogP contribution is -2.32. The van der Waals surface area contributed by atoms with Crippen LogP contribution in [0.15, 0.2) is 48.8 Å². The predicted octanol–water partition coefficient (Wildman–Crippen LogP) is 5.20. The molecule has 0 aliphatic heterocycles. The van der Waals surface area contributed by atoms with Gasteiger partial charge >= 0.3 is 6.09 Å². The molecule has 0 atom stereocenters. The molecular weight excluding hydrogens is 459 g/mol. The van der Waals surface area contributed by atoms with Crippen molar-refractivity contribution in [2.45, 2.75) is 46.4 Å². The first-order valence-electron chi connectivity index (χ1n) is 10.6. The second kappa shape index (κ2) is 10.6. The number of pyridine rings is 2. The average molecular weight is 485 g/mol. The Balaban J connectivity index is 1.88. The van der Waals surface area contributed by atoms with Crippen molar-refractivity contribution in [3.63, 3.8) is 0 Å².